The highest BCUT2D eigenvalue weighted by Gasteiger charge is 2.14. The summed E-state index contributed by atoms with van der Waals surface area (Å²) in [6, 6.07) is 47.1. The predicted molar refractivity (Wildman–Crippen MR) is 175 cm³/mol. The first kappa shape index (κ1) is 23.1. The lowest BCUT2D eigenvalue weighted by Crippen LogP contribution is -1.92. The zero-order valence-corrected chi connectivity index (χ0v) is 22.6. The van der Waals surface area contributed by atoms with E-state index in [0.29, 0.717) is 0 Å². The van der Waals surface area contributed by atoms with E-state index in [9.17, 15) is 0 Å². The van der Waals surface area contributed by atoms with Crippen molar-refractivity contribution >= 4 is 54.1 Å². The molecule has 3 heteroatoms. The molecule has 0 radical (unpaired) electrons. The molecule has 0 fully saturated rings. The van der Waals surface area contributed by atoms with Crippen LogP contribution >= 0.6 is 0 Å². The molecule has 3 heterocycles. The van der Waals surface area contributed by atoms with Crippen LogP contribution in [0.2, 0.25) is 0 Å². The van der Waals surface area contributed by atoms with Gasteiger partial charge in [0.25, 0.3) is 0 Å². The molecule has 9 aromatic rings. The second-order valence-corrected chi connectivity index (χ2v) is 10.9. The smallest absolute Gasteiger partial charge is 0.0972 e. The molecule has 0 aliphatic carbocycles. The van der Waals surface area contributed by atoms with Crippen LogP contribution in [0.15, 0.2) is 140 Å². The molecule has 0 spiro atoms. The van der Waals surface area contributed by atoms with Gasteiger partial charge in [0.2, 0.25) is 0 Å². The average Bonchev–Trinajstić information content (AvgIpc) is 3.07. The Bertz CT molecular complexity index is 2430. The van der Waals surface area contributed by atoms with Gasteiger partial charge in [-0.05, 0) is 56.6 Å². The van der Waals surface area contributed by atoms with Crippen molar-refractivity contribution in [3.05, 3.63) is 140 Å². The normalized spacial score (nSPS) is 11.8. The Hall–Kier alpha value is -5.67. The highest BCUT2D eigenvalue weighted by molar-refractivity contribution is 6.25. The van der Waals surface area contributed by atoms with Gasteiger partial charge in [-0.25, -0.2) is 9.97 Å². The van der Waals surface area contributed by atoms with E-state index in [2.05, 4.69) is 120 Å². The highest BCUT2D eigenvalue weighted by Crippen LogP contribution is 2.39. The summed E-state index contributed by atoms with van der Waals surface area (Å²) >= 11 is 0. The molecule has 0 saturated heterocycles. The molecule has 0 bridgehead atoms. The summed E-state index contributed by atoms with van der Waals surface area (Å²) < 4.78 is 0. The molecule has 0 aliphatic rings. The summed E-state index contributed by atoms with van der Waals surface area (Å²) in [4.78, 5) is 14.9. The molecule has 3 nitrogen and oxygen atoms in total. The second-order valence-electron chi connectivity index (χ2n) is 10.9. The number of rotatable bonds is 3. The lowest BCUT2D eigenvalue weighted by molar-refractivity contribution is 1.32. The lowest BCUT2D eigenvalue weighted by Gasteiger charge is -2.14. The number of nitrogens with zero attached hydrogens (tertiary/aromatic N) is 3. The minimum atomic E-state index is 0.915. The Labute approximate surface area is 242 Å². The van der Waals surface area contributed by atoms with Crippen molar-refractivity contribution in [3.8, 4) is 33.8 Å². The monoisotopic (exact) mass is 533 g/mol. The fourth-order valence-corrected chi connectivity index (χ4v) is 6.38. The predicted octanol–water partition coefficient (Wildman–Crippen LogP) is 10.1. The Morgan fingerprint density at radius 2 is 0.929 bits per heavy atom. The molecule has 3 aromatic heterocycles. The van der Waals surface area contributed by atoms with Gasteiger partial charge in [0.1, 0.15) is 0 Å². The highest BCUT2D eigenvalue weighted by atomic mass is 14.8. The SMILES string of the molecule is c1ccc(-c2ccc(-c3ccc4ccc5ccc(-c6ccc7ccc8cccc9ccc6c7c89)nc5c4n3)cc2)nc1. The van der Waals surface area contributed by atoms with Crippen molar-refractivity contribution < 1.29 is 0 Å². The molecule has 0 amide bonds. The van der Waals surface area contributed by atoms with Crippen LogP contribution in [0.4, 0.5) is 0 Å². The van der Waals surface area contributed by atoms with E-state index in [4.69, 9.17) is 9.97 Å². The van der Waals surface area contributed by atoms with E-state index in [1.807, 2.05) is 24.4 Å². The summed E-state index contributed by atoms with van der Waals surface area (Å²) in [5.74, 6) is 0. The first-order valence-corrected chi connectivity index (χ1v) is 14.2. The molecule has 0 atom stereocenters. The standard InChI is InChI=1S/C39H23N3/c1-2-23-40-33(6-1)24-7-9-25(10-8-24)34-21-17-29-13-14-30-18-22-35(42-39(30)38(29)41-34)31-19-15-28-12-11-26-4-3-5-27-16-20-32(31)37(28)36(26)27/h1-23H. The fourth-order valence-electron chi connectivity index (χ4n) is 6.38. The van der Waals surface area contributed by atoms with Crippen LogP contribution in [0.5, 0.6) is 0 Å². The molecule has 0 saturated carbocycles. The van der Waals surface area contributed by atoms with Gasteiger partial charge in [-0.2, -0.15) is 0 Å². The van der Waals surface area contributed by atoms with Crippen molar-refractivity contribution in [1.82, 2.24) is 15.0 Å². The largest absolute Gasteiger partial charge is 0.256 e. The fraction of sp³-hybridized carbons (Fsp3) is 0. The molecule has 0 N–H and O–H groups in total. The van der Waals surface area contributed by atoms with Gasteiger partial charge in [-0.1, -0.05) is 109 Å². The molecule has 0 unspecified atom stereocenters. The Morgan fingerprint density at radius 1 is 0.357 bits per heavy atom. The lowest BCUT2D eigenvalue weighted by atomic mass is 9.91. The van der Waals surface area contributed by atoms with Gasteiger partial charge in [-0.3, -0.25) is 4.98 Å². The van der Waals surface area contributed by atoms with Gasteiger partial charge < -0.3 is 0 Å². The van der Waals surface area contributed by atoms with E-state index in [-0.39, 0.29) is 0 Å². The van der Waals surface area contributed by atoms with Crippen LogP contribution in [0.3, 0.4) is 0 Å². The van der Waals surface area contributed by atoms with Gasteiger partial charge in [0.05, 0.1) is 28.1 Å². The maximum atomic E-state index is 5.27. The van der Waals surface area contributed by atoms with Crippen molar-refractivity contribution in [3.63, 3.8) is 0 Å². The molecular formula is C39H23N3. The van der Waals surface area contributed by atoms with Crippen molar-refractivity contribution in [2.75, 3.05) is 0 Å². The number of benzene rings is 6. The first-order chi connectivity index (χ1) is 20.8. The zero-order valence-electron chi connectivity index (χ0n) is 22.6. The van der Waals surface area contributed by atoms with Gasteiger partial charge in [0, 0.05) is 33.7 Å². The van der Waals surface area contributed by atoms with Crippen molar-refractivity contribution in [2.45, 2.75) is 0 Å². The summed E-state index contributed by atoms with van der Waals surface area (Å²) in [6.45, 7) is 0. The number of pyridine rings is 3. The average molecular weight is 534 g/mol. The number of aromatic nitrogens is 3. The van der Waals surface area contributed by atoms with Crippen LogP contribution in [-0.2, 0) is 0 Å². The first-order valence-electron chi connectivity index (χ1n) is 14.2. The minimum absolute atomic E-state index is 0.915. The molecule has 194 valence electrons. The topological polar surface area (TPSA) is 38.7 Å². The van der Waals surface area contributed by atoms with Crippen LogP contribution in [-0.4, -0.2) is 15.0 Å². The van der Waals surface area contributed by atoms with E-state index < -0.39 is 0 Å². The molecule has 6 aromatic carbocycles. The summed E-state index contributed by atoms with van der Waals surface area (Å²) in [5.41, 5.74) is 7.98. The number of fused-ring (bicyclic) bond motifs is 3. The molecule has 0 aliphatic heterocycles. The Kier molecular flexibility index (Phi) is 4.90. The van der Waals surface area contributed by atoms with Crippen LogP contribution < -0.4 is 0 Å². The minimum Gasteiger partial charge on any atom is -0.256 e. The van der Waals surface area contributed by atoms with Crippen LogP contribution in [0.1, 0.15) is 0 Å². The third-order valence-corrected chi connectivity index (χ3v) is 8.47. The molecule has 42 heavy (non-hydrogen) atoms. The van der Waals surface area contributed by atoms with E-state index in [1.54, 1.807) is 0 Å². The summed E-state index contributed by atoms with van der Waals surface area (Å²) in [7, 11) is 0. The quantitative estimate of drug-likeness (QED) is 0.212. The van der Waals surface area contributed by atoms with E-state index in [0.717, 1.165) is 55.6 Å². The van der Waals surface area contributed by atoms with Crippen LogP contribution in [0.25, 0.3) is 87.9 Å². The van der Waals surface area contributed by atoms with E-state index in [1.165, 1.54) is 32.3 Å². The third-order valence-electron chi connectivity index (χ3n) is 8.47. The maximum Gasteiger partial charge on any atom is 0.0972 e. The molecule has 9 rings (SSSR count). The van der Waals surface area contributed by atoms with Gasteiger partial charge >= 0.3 is 0 Å². The summed E-state index contributed by atoms with van der Waals surface area (Å²) in [6.07, 6.45) is 1.82. The van der Waals surface area contributed by atoms with Crippen molar-refractivity contribution in [1.29, 1.82) is 0 Å². The number of hydrogen-bond acceptors (Lipinski definition) is 3. The Morgan fingerprint density at radius 3 is 1.64 bits per heavy atom. The van der Waals surface area contributed by atoms with Crippen molar-refractivity contribution in [2.24, 2.45) is 0 Å². The third kappa shape index (κ3) is 3.50. The van der Waals surface area contributed by atoms with Gasteiger partial charge in [-0.15, -0.1) is 0 Å². The molecular weight excluding hydrogens is 510 g/mol. The maximum absolute atomic E-state index is 5.27. The number of hydrogen-bond donors (Lipinski definition) is 0. The second kappa shape index (κ2) is 8.92. The Balaban J connectivity index is 1.21. The van der Waals surface area contributed by atoms with Gasteiger partial charge in [0.15, 0.2) is 0 Å². The zero-order chi connectivity index (χ0) is 27.6. The summed E-state index contributed by atoms with van der Waals surface area (Å²) in [5, 5.41) is 9.80. The van der Waals surface area contributed by atoms with E-state index >= 15 is 0 Å². The van der Waals surface area contributed by atoms with Crippen LogP contribution in [0, 0.1) is 0 Å².